The first kappa shape index (κ1) is 48.2. The number of allylic oxidation sites excluding steroid dienone is 2. The van der Waals surface area contributed by atoms with Gasteiger partial charge in [0.2, 0.25) is 5.91 Å². The van der Waals surface area contributed by atoms with Gasteiger partial charge < -0.3 is 26.2 Å². The molecular weight excluding hydrogens is 639 g/mol. The zero-order chi connectivity index (χ0) is 36.3. The summed E-state index contributed by atoms with van der Waals surface area (Å²) in [4.78, 5) is 22.7. The molecule has 9 nitrogen and oxygen atoms in total. The average molecular weight is 719 g/mol. The maximum absolute atomic E-state index is 12.8. The first-order valence-electron chi connectivity index (χ1n) is 20.4. The minimum absolute atomic E-state index is 0.0592. The van der Waals surface area contributed by atoms with E-state index < -0.39 is 32.0 Å². The molecule has 10 heteroatoms. The van der Waals surface area contributed by atoms with E-state index in [1.807, 2.05) is 0 Å². The van der Waals surface area contributed by atoms with Crippen molar-refractivity contribution in [2.24, 2.45) is 5.73 Å². The number of phosphoric ester groups is 1. The summed E-state index contributed by atoms with van der Waals surface area (Å²) in [6, 6.07) is -0.896. The number of carbonyl (C=O) groups is 1. The lowest BCUT2D eigenvalue weighted by atomic mass is 10.0. The molecule has 0 aliphatic carbocycles. The number of hydrogen-bond acceptors (Lipinski definition) is 7. The van der Waals surface area contributed by atoms with Crippen LogP contribution in [0.25, 0.3) is 0 Å². The van der Waals surface area contributed by atoms with Crippen LogP contribution in [0.3, 0.4) is 0 Å². The Hall–Kier alpha value is -0.800. The van der Waals surface area contributed by atoms with Crippen LogP contribution in [0, 0.1) is 0 Å². The summed E-state index contributed by atoms with van der Waals surface area (Å²) >= 11 is 0. The van der Waals surface area contributed by atoms with Crippen LogP contribution in [0.4, 0.5) is 0 Å². The van der Waals surface area contributed by atoms with Crippen LogP contribution in [0.5, 0.6) is 0 Å². The normalized spacial score (nSPS) is 15.0. The number of phosphoric acid groups is 1. The Morgan fingerprint density at radius 3 is 1.59 bits per heavy atom. The molecule has 0 aliphatic rings. The summed E-state index contributed by atoms with van der Waals surface area (Å²) in [6.07, 6.45) is 33.9. The number of unbranched alkanes of at least 4 members (excludes halogenated alkanes) is 22. The number of rotatable bonds is 38. The molecule has 0 aromatic carbocycles. The van der Waals surface area contributed by atoms with Gasteiger partial charge in [-0.3, -0.25) is 13.8 Å². The molecule has 4 unspecified atom stereocenters. The molecule has 0 heterocycles. The second kappa shape index (κ2) is 35.6. The van der Waals surface area contributed by atoms with Crippen molar-refractivity contribution < 1.29 is 33.5 Å². The molecule has 0 rings (SSSR count). The zero-order valence-corrected chi connectivity index (χ0v) is 32.7. The van der Waals surface area contributed by atoms with Crippen LogP contribution in [-0.2, 0) is 18.4 Å². The van der Waals surface area contributed by atoms with Gasteiger partial charge in [0, 0.05) is 6.54 Å². The third-order valence-corrected chi connectivity index (χ3v) is 10.2. The Labute approximate surface area is 301 Å². The van der Waals surface area contributed by atoms with Crippen LogP contribution >= 0.6 is 7.82 Å². The molecule has 292 valence electrons. The van der Waals surface area contributed by atoms with Gasteiger partial charge in [-0.25, -0.2) is 4.57 Å². The summed E-state index contributed by atoms with van der Waals surface area (Å²) in [5.41, 5.74) is 5.36. The van der Waals surface area contributed by atoms with E-state index in [1.54, 1.807) is 0 Å². The van der Waals surface area contributed by atoms with Gasteiger partial charge in [-0.1, -0.05) is 161 Å². The fraction of sp³-hybridized carbons (Fsp3) is 0.923. The number of nitrogens with two attached hydrogens (primary N) is 1. The Morgan fingerprint density at radius 1 is 0.673 bits per heavy atom. The van der Waals surface area contributed by atoms with Crippen LogP contribution in [-0.4, -0.2) is 59.0 Å². The molecule has 0 fully saturated rings. The molecular formula is C39H79N2O7P. The second-order valence-electron chi connectivity index (χ2n) is 14.0. The maximum Gasteiger partial charge on any atom is 0.472 e. The summed E-state index contributed by atoms with van der Waals surface area (Å²) in [7, 11) is -4.37. The molecule has 6 N–H and O–H groups in total. The van der Waals surface area contributed by atoms with E-state index in [0.29, 0.717) is 12.8 Å². The van der Waals surface area contributed by atoms with Crippen molar-refractivity contribution in [1.82, 2.24) is 5.32 Å². The number of amides is 1. The summed E-state index contributed by atoms with van der Waals surface area (Å²) in [5, 5.41) is 24.1. The third kappa shape index (κ3) is 34.1. The van der Waals surface area contributed by atoms with Gasteiger partial charge in [-0.2, -0.15) is 0 Å². The molecule has 0 radical (unpaired) electrons. The molecule has 0 saturated carbocycles. The van der Waals surface area contributed by atoms with Crippen molar-refractivity contribution in [3.8, 4) is 0 Å². The summed E-state index contributed by atoms with van der Waals surface area (Å²) < 4.78 is 22.1. The predicted molar refractivity (Wildman–Crippen MR) is 204 cm³/mol. The van der Waals surface area contributed by atoms with Crippen molar-refractivity contribution in [2.45, 2.75) is 212 Å². The van der Waals surface area contributed by atoms with Crippen molar-refractivity contribution in [3.05, 3.63) is 12.2 Å². The molecule has 0 saturated heterocycles. The highest BCUT2D eigenvalue weighted by molar-refractivity contribution is 7.47. The van der Waals surface area contributed by atoms with Gasteiger partial charge in [0.1, 0.15) is 0 Å². The highest BCUT2D eigenvalue weighted by Gasteiger charge is 2.28. The maximum atomic E-state index is 12.8. The van der Waals surface area contributed by atoms with E-state index in [-0.39, 0.29) is 26.2 Å². The monoisotopic (exact) mass is 719 g/mol. The summed E-state index contributed by atoms with van der Waals surface area (Å²) in [5.74, 6) is -0.422. The Morgan fingerprint density at radius 2 is 1.10 bits per heavy atom. The summed E-state index contributed by atoms with van der Waals surface area (Å²) in [6.45, 7) is 4.03. The van der Waals surface area contributed by atoms with Gasteiger partial charge in [0.05, 0.1) is 37.9 Å². The minimum Gasteiger partial charge on any atom is -0.393 e. The van der Waals surface area contributed by atoms with Crippen LogP contribution in [0.15, 0.2) is 12.2 Å². The molecule has 4 atom stereocenters. The predicted octanol–water partition coefficient (Wildman–Crippen LogP) is 9.80. The Bertz CT molecular complexity index is 801. The molecule has 0 spiro atoms. The first-order chi connectivity index (χ1) is 23.8. The second-order valence-corrected chi connectivity index (χ2v) is 15.5. The average Bonchev–Trinajstić information content (AvgIpc) is 3.07. The fourth-order valence-electron chi connectivity index (χ4n) is 6.06. The fourth-order valence-corrected chi connectivity index (χ4v) is 6.82. The van der Waals surface area contributed by atoms with Crippen molar-refractivity contribution >= 4 is 13.7 Å². The molecule has 0 aliphatic heterocycles. The van der Waals surface area contributed by atoms with E-state index in [4.69, 9.17) is 14.8 Å². The van der Waals surface area contributed by atoms with Crippen LogP contribution in [0.2, 0.25) is 0 Å². The Kier molecular flexibility index (Phi) is 35.0. The molecule has 1 amide bonds. The van der Waals surface area contributed by atoms with Crippen molar-refractivity contribution in [1.29, 1.82) is 0 Å². The molecule has 0 aromatic rings. The van der Waals surface area contributed by atoms with Crippen LogP contribution < -0.4 is 11.1 Å². The van der Waals surface area contributed by atoms with Gasteiger partial charge >= 0.3 is 7.82 Å². The van der Waals surface area contributed by atoms with Crippen LogP contribution in [0.1, 0.15) is 194 Å². The van der Waals surface area contributed by atoms with E-state index >= 15 is 0 Å². The van der Waals surface area contributed by atoms with E-state index in [0.717, 1.165) is 51.4 Å². The van der Waals surface area contributed by atoms with E-state index in [1.165, 1.54) is 109 Å². The number of hydrogen-bond donors (Lipinski definition) is 5. The highest BCUT2D eigenvalue weighted by atomic mass is 31.2. The van der Waals surface area contributed by atoms with Crippen molar-refractivity contribution in [2.75, 3.05) is 19.8 Å². The zero-order valence-electron chi connectivity index (χ0n) is 31.8. The smallest absolute Gasteiger partial charge is 0.393 e. The number of aliphatic hydroxyl groups is 2. The standard InChI is InChI=1S/C39H79N2O7P/c1-3-5-7-9-11-13-15-17-19-20-22-24-26-28-30-36(42)34-39(44)41-37(35-48-49(45,46)47-33-32-40)38(43)31-29-27-25-23-21-18-16-14-12-10-8-6-4-2/h19-20,36-38,42-43H,3-18,21-35,40H2,1-2H3,(H,41,44)(H,45,46)/b20-19-. The van der Waals surface area contributed by atoms with Gasteiger partial charge in [0.15, 0.2) is 0 Å². The first-order valence-corrected chi connectivity index (χ1v) is 21.9. The number of aliphatic hydroxyl groups excluding tert-OH is 2. The molecule has 0 bridgehead atoms. The quantitative estimate of drug-likeness (QED) is 0.0240. The van der Waals surface area contributed by atoms with Crippen molar-refractivity contribution in [3.63, 3.8) is 0 Å². The van der Waals surface area contributed by atoms with E-state index in [2.05, 4.69) is 31.3 Å². The lowest BCUT2D eigenvalue weighted by Crippen LogP contribution is -2.47. The third-order valence-electron chi connectivity index (χ3n) is 9.17. The molecule has 49 heavy (non-hydrogen) atoms. The number of nitrogens with one attached hydrogen (secondary N) is 1. The highest BCUT2D eigenvalue weighted by Crippen LogP contribution is 2.43. The van der Waals surface area contributed by atoms with Gasteiger partial charge in [0.25, 0.3) is 0 Å². The topological polar surface area (TPSA) is 151 Å². The minimum atomic E-state index is -4.37. The Balaban J connectivity index is 4.34. The lowest BCUT2D eigenvalue weighted by Gasteiger charge is -2.25. The number of carbonyl (C=O) groups excluding carboxylic acids is 1. The van der Waals surface area contributed by atoms with E-state index in [9.17, 15) is 24.5 Å². The molecule has 0 aromatic heterocycles. The lowest BCUT2D eigenvalue weighted by molar-refractivity contribution is -0.125. The van der Waals surface area contributed by atoms with Gasteiger partial charge in [-0.15, -0.1) is 0 Å². The van der Waals surface area contributed by atoms with Gasteiger partial charge in [-0.05, 0) is 38.5 Å². The largest absolute Gasteiger partial charge is 0.472 e. The SMILES string of the molecule is CCCCCCCCC/C=C\CCCCCC(O)CC(=O)NC(COP(=O)(O)OCCN)C(O)CCCCCCCCCCCCCCC.